The summed E-state index contributed by atoms with van der Waals surface area (Å²) in [6.07, 6.45) is 3.24. The van der Waals surface area contributed by atoms with Crippen LogP contribution >= 0.6 is 23.5 Å². The first kappa shape index (κ1) is 10.4. The molecule has 0 spiro atoms. The molecule has 1 unspecified atom stereocenters. The van der Waals surface area contributed by atoms with Crippen LogP contribution in [-0.2, 0) is 0 Å². The molecule has 0 aliphatic carbocycles. The zero-order valence-electron chi connectivity index (χ0n) is 6.80. The number of rotatable bonds is 6. The fourth-order valence-electron chi connectivity index (χ4n) is 0.645. The topological polar surface area (TPSA) is 0 Å². The summed E-state index contributed by atoms with van der Waals surface area (Å²) in [5, 5.41) is 0. The van der Waals surface area contributed by atoms with Crippen LogP contribution in [0.15, 0.2) is 12.7 Å². The molecule has 0 fully saturated rings. The van der Waals surface area contributed by atoms with Gasteiger partial charge in [0.15, 0.2) is 0 Å². The third-order valence-corrected chi connectivity index (χ3v) is 4.07. The fourth-order valence-corrected chi connectivity index (χ4v) is 2.87. The maximum Gasteiger partial charge on any atom is 0.0502 e. The van der Waals surface area contributed by atoms with Gasteiger partial charge in [-0.15, -0.1) is 30.1 Å². The van der Waals surface area contributed by atoms with E-state index in [1.165, 1.54) is 12.2 Å². The Morgan fingerprint density at radius 2 is 2.10 bits per heavy atom. The molecule has 0 saturated carbocycles. The van der Waals surface area contributed by atoms with Crippen LogP contribution in [0.4, 0.5) is 0 Å². The lowest BCUT2D eigenvalue weighted by Crippen LogP contribution is -1.95. The predicted molar refractivity (Wildman–Crippen MR) is 54.9 cm³/mol. The second-order valence-electron chi connectivity index (χ2n) is 1.92. The van der Waals surface area contributed by atoms with E-state index in [1.54, 1.807) is 0 Å². The number of hydrogen-bond donors (Lipinski definition) is 0. The largest absolute Gasteiger partial charge is 0.148 e. The van der Waals surface area contributed by atoms with E-state index in [2.05, 4.69) is 20.4 Å². The lowest BCUT2D eigenvalue weighted by Gasteiger charge is -2.10. The van der Waals surface area contributed by atoms with E-state index in [9.17, 15) is 0 Å². The van der Waals surface area contributed by atoms with Gasteiger partial charge in [-0.3, -0.25) is 0 Å². The quantitative estimate of drug-likeness (QED) is 0.449. The third-order valence-electron chi connectivity index (χ3n) is 1.09. The van der Waals surface area contributed by atoms with E-state index in [4.69, 9.17) is 0 Å². The highest BCUT2D eigenvalue weighted by atomic mass is 32.2. The zero-order valence-corrected chi connectivity index (χ0v) is 8.43. The molecular weight excluding hydrogens is 160 g/mol. The SMILES string of the molecule is C=CCSC(CC)SCC. The molecule has 0 heterocycles. The van der Waals surface area contributed by atoms with Gasteiger partial charge in [-0.1, -0.05) is 19.9 Å². The Labute approximate surface area is 72.9 Å². The fraction of sp³-hybridized carbons (Fsp3) is 0.750. The molecule has 10 heavy (non-hydrogen) atoms. The normalized spacial score (nSPS) is 13.0. The van der Waals surface area contributed by atoms with E-state index in [0.29, 0.717) is 0 Å². The third kappa shape index (κ3) is 5.24. The molecule has 0 aliphatic heterocycles. The summed E-state index contributed by atoms with van der Waals surface area (Å²) in [4.78, 5) is 0. The van der Waals surface area contributed by atoms with Gasteiger partial charge in [0.05, 0.1) is 4.58 Å². The standard InChI is InChI=1S/C8H16S2/c1-4-7-10-8(5-2)9-6-3/h4,8H,1,5-7H2,2-3H3. The van der Waals surface area contributed by atoms with Gasteiger partial charge in [0, 0.05) is 5.75 Å². The minimum Gasteiger partial charge on any atom is -0.148 e. The van der Waals surface area contributed by atoms with E-state index < -0.39 is 0 Å². The van der Waals surface area contributed by atoms with Crippen LogP contribution in [0.1, 0.15) is 20.3 Å². The zero-order chi connectivity index (χ0) is 7.82. The van der Waals surface area contributed by atoms with Crippen LogP contribution in [0.2, 0.25) is 0 Å². The van der Waals surface area contributed by atoms with Crippen LogP contribution in [0.25, 0.3) is 0 Å². The van der Waals surface area contributed by atoms with Crippen LogP contribution < -0.4 is 0 Å². The summed E-state index contributed by atoms with van der Waals surface area (Å²) >= 11 is 4.02. The minimum absolute atomic E-state index is 0.781. The van der Waals surface area contributed by atoms with Crippen LogP contribution in [-0.4, -0.2) is 16.1 Å². The Bertz CT molecular complexity index is 81.3. The molecule has 0 N–H and O–H groups in total. The van der Waals surface area contributed by atoms with Gasteiger partial charge >= 0.3 is 0 Å². The molecule has 0 radical (unpaired) electrons. The first-order valence-electron chi connectivity index (χ1n) is 3.69. The second-order valence-corrected chi connectivity index (χ2v) is 4.93. The Balaban J connectivity index is 3.29. The molecule has 60 valence electrons. The minimum atomic E-state index is 0.781. The van der Waals surface area contributed by atoms with E-state index in [0.717, 1.165) is 10.3 Å². The molecule has 0 saturated heterocycles. The van der Waals surface area contributed by atoms with Gasteiger partial charge in [0.1, 0.15) is 0 Å². The second kappa shape index (κ2) is 7.55. The van der Waals surface area contributed by atoms with Crippen LogP contribution in [0.3, 0.4) is 0 Å². The highest BCUT2D eigenvalue weighted by Gasteiger charge is 2.02. The number of hydrogen-bond acceptors (Lipinski definition) is 2. The summed E-state index contributed by atoms with van der Waals surface area (Å²) < 4.78 is 0.781. The van der Waals surface area contributed by atoms with Gasteiger partial charge in [-0.25, -0.2) is 0 Å². The molecule has 0 aromatic rings. The van der Waals surface area contributed by atoms with Crippen molar-refractivity contribution < 1.29 is 0 Å². The maximum atomic E-state index is 3.70. The summed E-state index contributed by atoms with van der Waals surface area (Å²) in [6.45, 7) is 8.15. The lowest BCUT2D eigenvalue weighted by atomic mass is 10.6. The van der Waals surface area contributed by atoms with Crippen molar-refractivity contribution in [1.29, 1.82) is 0 Å². The monoisotopic (exact) mass is 176 g/mol. The Kier molecular flexibility index (Phi) is 7.88. The van der Waals surface area contributed by atoms with Crippen molar-refractivity contribution >= 4 is 23.5 Å². The molecule has 0 aromatic carbocycles. The van der Waals surface area contributed by atoms with E-state index in [-0.39, 0.29) is 0 Å². The molecule has 0 nitrogen and oxygen atoms in total. The Hall–Kier alpha value is 0.440. The summed E-state index contributed by atoms with van der Waals surface area (Å²) in [5.74, 6) is 2.31. The van der Waals surface area contributed by atoms with Crippen molar-refractivity contribution in [3.8, 4) is 0 Å². The summed E-state index contributed by atoms with van der Waals surface area (Å²) in [5.41, 5.74) is 0. The highest BCUT2D eigenvalue weighted by molar-refractivity contribution is 8.17. The first-order chi connectivity index (χ1) is 4.85. The average Bonchev–Trinajstić information content (AvgIpc) is 1.98. The highest BCUT2D eigenvalue weighted by Crippen LogP contribution is 2.25. The summed E-state index contributed by atoms with van der Waals surface area (Å²) in [6, 6.07) is 0. The van der Waals surface area contributed by atoms with Crippen molar-refractivity contribution in [3.63, 3.8) is 0 Å². The maximum absolute atomic E-state index is 3.70. The Morgan fingerprint density at radius 1 is 1.40 bits per heavy atom. The smallest absolute Gasteiger partial charge is 0.0502 e. The number of thioether (sulfide) groups is 2. The molecule has 1 atom stereocenters. The summed E-state index contributed by atoms with van der Waals surface area (Å²) in [7, 11) is 0. The molecular formula is C8H16S2. The average molecular weight is 176 g/mol. The first-order valence-corrected chi connectivity index (χ1v) is 5.79. The Morgan fingerprint density at radius 3 is 2.50 bits per heavy atom. The van der Waals surface area contributed by atoms with Crippen molar-refractivity contribution in [1.82, 2.24) is 0 Å². The van der Waals surface area contributed by atoms with Gasteiger partial charge in [-0.05, 0) is 12.2 Å². The van der Waals surface area contributed by atoms with Gasteiger partial charge in [0.2, 0.25) is 0 Å². The van der Waals surface area contributed by atoms with Crippen molar-refractivity contribution in [2.75, 3.05) is 11.5 Å². The van der Waals surface area contributed by atoms with Gasteiger partial charge in [0.25, 0.3) is 0 Å². The molecule has 0 rings (SSSR count). The van der Waals surface area contributed by atoms with Gasteiger partial charge < -0.3 is 0 Å². The molecule has 2 heteroatoms. The van der Waals surface area contributed by atoms with Crippen molar-refractivity contribution in [2.45, 2.75) is 24.9 Å². The van der Waals surface area contributed by atoms with E-state index in [1.807, 2.05) is 29.6 Å². The molecule has 0 aromatic heterocycles. The molecule has 0 bridgehead atoms. The predicted octanol–water partition coefficient (Wildman–Crippen LogP) is 3.39. The molecule has 0 amide bonds. The molecule has 0 aliphatic rings. The van der Waals surface area contributed by atoms with Crippen molar-refractivity contribution in [3.05, 3.63) is 12.7 Å². The van der Waals surface area contributed by atoms with Crippen molar-refractivity contribution in [2.24, 2.45) is 0 Å². The lowest BCUT2D eigenvalue weighted by molar-refractivity contribution is 1.06. The van der Waals surface area contributed by atoms with Crippen LogP contribution in [0.5, 0.6) is 0 Å². The van der Waals surface area contributed by atoms with Crippen LogP contribution in [0, 0.1) is 0 Å². The van der Waals surface area contributed by atoms with E-state index >= 15 is 0 Å². The van der Waals surface area contributed by atoms with Gasteiger partial charge in [-0.2, -0.15) is 0 Å².